The van der Waals surface area contributed by atoms with Gasteiger partial charge < -0.3 is 10.5 Å². The van der Waals surface area contributed by atoms with E-state index in [2.05, 4.69) is 0 Å². The van der Waals surface area contributed by atoms with Crippen LogP contribution in [0.4, 0.5) is 4.39 Å². The zero-order valence-electron chi connectivity index (χ0n) is 10.9. The lowest BCUT2D eigenvalue weighted by molar-refractivity contribution is 0.432. The monoisotopic (exact) mass is 291 g/mol. The first-order valence-electron chi connectivity index (χ1n) is 6.63. The summed E-state index contributed by atoms with van der Waals surface area (Å²) in [5.41, 5.74) is 6.55. The molecule has 1 fully saturated rings. The zero-order valence-corrected chi connectivity index (χ0v) is 11.6. The number of para-hydroxylation sites is 1. The van der Waals surface area contributed by atoms with Crippen molar-refractivity contribution in [2.45, 2.75) is 18.9 Å². The summed E-state index contributed by atoms with van der Waals surface area (Å²) in [5.74, 6) is 0.507. The molecule has 0 aliphatic heterocycles. The summed E-state index contributed by atoms with van der Waals surface area (Å²) in [6, 6.07) is 12.0. The molecule has 1 saturated carbocycles. The van der Waals surface area contributed by atoms with Gasteiger partial charge in [0, 0.05) is 11.6 Å². The highest BCUT2D eigenvalue weighted by Gasteiger charge is 2.32. The number of hydrogen-bond donors (Lipinski definition) is 1. The van der Waals surface area contributed by atoms with E-state index in [1.54, 1.807) is 24.3 Å². The van der Waals surface area contributed by atoms with Gasteiger partial charge >= 0.3 is 0 Å². The Morgan fingerprint density at radius 2 is 1.85 bits per heavy atom. The molecule has 2 N–H and O–H groups in total. The van der Waals surface area contributed by atoms with Crippen LogP contribution in [-0.2, 0) is 0 Å². The van der Waals surface area contributed by atoms with Crippen LogP contribution < -0.4 is 10.5 Å². The molecule has 0 heterocycles. The van der Waals surface area contributed by atoms with Crippen LogP contribution >= 0.6 is 11.6 Å². The highest BCUT2D eigenvalue weighted by Crippen LogP contribution is 2.43. The largest absolute Gasteiger partial charge is 0.453 e. The van der Waals surface area contributed by atoms with Crippen molar-refractivity contribution in [3.05, 3.63) is 58.9 Å². The molecule has 0 bridgehead atoms. The predicted molar refractivity (Wildman–Crippen MR) is 77.6 cm³/mol. The minimum atomic E-state index is -0.458. The van der Waals surface area contributed by atoms with Crippen LogP contribution in [0.25, 0.3) is 0 Å². The maximum absolute atomic E-state index is 14.6. The molecule has 20 heavy (non-hydrogen) atoms. The van der Waals surface area contributed by atoms with Crippen LogP contribution in [-0.4, -0.2) is 0 Å². The quantitative estimate of drug-likeness (QED) is 0.887. The molecular weight excluding hydrogens is 277 g/mol. The zero-order chi connectivity index (χ0) is 14.1. The minimum Gasteiger partial charge on any atom is -0.453 e. The van der Waals surface area contributed by atoms with E-state index in [9.17, 15) is 4.39 Å². The lowest BCUT2D eigenvalue weighted by Crippen LogP contribution is -2.14. The van der Waals surface area contributed by atoms with Crippen molar-refractivity contribution in [2.24, 2.45) is 11.7 Å². The Morgan fingerprint density at radius 1 is 1.15 bits per heavy atom. The molecule has 2 nitrogen and oxygen atoms in total. The highest BCUT2D eigenvalue weighted by atomic mass is 35.5. The third-order valence-electron chi connectivity index (χ3n) is 3.53. The third kappa shape index (κ3) is 2.65. The molecule has 0 saturated heterocycles. The average Bonchev–Trinajstić information content (AvgIpc) is 3.28. The van der Waals surface area contributed by atoms with E-state index in [1.807, 2.05) is 18.2 Å². The van der Waals surface area contributed by atoms with Crippen LogP contribution in [0.1, 0.15) is 24.4 Å². The Kier molecular flexibility index (Phi) is 3.64. The van der Waals surface area contributed by atoms with Gasteiger partial charge in [-0.25, -0.2) is 4.39 Å². The Hall–Kier alpha value is -1.58. The molecule has 3 rings (SSSR count). The van der Waals surface area contributed by atoms with Crippen molar-refractivity contribution < 1.29 is 9.13 Å². The molecule has 2 aromatic carbocycles. The smallest absolute Gasteiger partial charge is 0.181 e. The van der Waals surface area contributed by atoms with Crippen LogP contribution in [0.3, 0.4) is 0 Å². The fraction of sp³-hybridized carbons (Fsp3) is 0.250. The van der Waals surface area contributed by atoms with Crippen LogP contribution in [0, 0.1) is 11.7 Å². The summed E-state index contributed by atoms with van der Waals surface area (Å²) in [5, 5.41) is 0.248. The SMILES string of the molecule is N[C@@H](c1ccc(Cl)c(Oc2ccccc2)c1F)C1CC1. The van der Waals surface area contributed by atoms with Gasteiger partial charge in [-0.2, -0.15) is 0 Å². The summed E-state index contributed by atoms with van der Waals surface area (Å²) in [4.78, 5) is 0. The highest BCUT2D eigenvalue weighted by molar-refractivity contribution is 6.32. The van der Waals surface area contributed by atoms with Crippen LogP contribution in [0.5, 0.6) is 11.5 Å². The van der Waals surface area contributed by atoms with Gasteiger partial charge in [0.15, 0.2) is 11.6 Å². The molecule has 0 spiro atoms. The van der Waals surface area contributed by atoms with Crippen molar-refractivity contribution in [1.29, 1.82) is 0 Å². The van der Waals surface area contributed by atoms with Gasteiger partial charge in [0.1, 0.15) is 5.75 Å². The van der Waals surface area contributed by atoms with Gasteiger partial charge in [-0.05, 0) is 37.0 Å². The summed E-state index contributed by atoms with van der Waals surface area (Å²) in [6.45, 7) is 0. The number of nitrogens with two attached hydrogens (primary N) is 1. The molecule has 2 aromatic rings. The average molecular weight is 292 g/mol. The first-order valence-corrected chi connectivity index (χ1v) is 7.01. The van der Waals surface area contributed by atoms with E-state index in [0.29, 0.717) is 17.2 Å². The molecule has 0 unspecified atom stereocenters. The predicted octanol–water partition coefficient (Wildman–Crippen LogP) is 4.68. The van der Waals surface area contributed by atoms with Crippen molar-refractivity contribution in [3.8, 4) is 11.5 Å². The van der Waals surface area contributed by atoms with E-state index in [1.165, 1.54) is 0 Å². The van der Waals surface area contributed by atoms with Crippen molar-refractivity contribution in [1.82, 2.24) is 0 Å². The standard InChI is InChI=1S/C16H15ClFNO/c17-13-9-8-12(15(19)10-6-7-10)14(18)16(13)20-11-4-2-1-3-5-11/h1-5,8-10,15H,6-7,19H2/t15-/m1/s1. The maximum atomic E-state index is 14.6. The molecule has 104 valence electrons. The molecule has 1 aliphatic carbocycles. The first-order chi connectivity index (χ1) is 9.66. The van der Waals surface area contributed by atoms with E-state index in [4.69, 9.17) is 22.1 Å². The minimum absolute atomic E-state index is 0.0477. The summed E-state index contributed by atoms with van der Waals surface area (Å²) >= 11 is 6.05. The Bertz CT molecular complexity index is 613. The van der Waals surface area contributed by atoms with E-state index in [-0.39, 0.29) is 16.8 Å². The van der Waals surface area contributed by atoms with Crippen LogP contribution in [0.2, 0.25) is 5.02 Å². The second-order valence-electron chi connectivity index (χ2n) is 5.06. The second-order valence-corrected chi connectivity index (χ2v) is 5.47. The summed E-state index contributed by atoms with van der Waals surface area (Å²) in [7, 11) is 0. The van der Waals surface area contributed by atoms with Gasteiger partial charge in [-0.3, -0.25) is 0 Å². The molecule has 4 heteroatoms. The van der Waals surface area contributed by atoms with Gasteiger partial charge in [-0.15, -0.1) is 0 Å². The van der Waals surface area contributed by atoms with E-state index in [0.717, 1.165) is 12.8 Å². The Labute approximate surface area is 122 Å². The number of ether oxygens (including phenoxy) is 1. The van der Waals surface area contributed by atoms with Crippen molar-refractivity contribution >= 4 is 11.6 Å². The summed E-state index contributed by atoms with van der Waals surface area (Å²) in [6.07, 6.45) is 2.11. The molecule has 1 aliphatic rings. The maximum Gasteiger partial charge on any atom is 0.181 e. The van der Waals surface area contributed by atoms with E-state index < -0.39 is 5.82 Å². The van der Waals surface area contributed by atoms with Gasteiger partial charge in [0.25, 0.3) is 0 Å². The lowest BCUT2D eigenvalue weighted by atomic mass is 10.0. The number of halogens is 2. The second kappa shape index (κ2) is 5.43. The number of rotatable bonds is 4. The number of benzene rings is 2. The third-order valence-corrected chi connectivity index (χ3v) is 3.83. The number of hydrogen-bond acceptors (Lipinski definition) is 2. The van der Waals surface area contributed by atoms with Crippen LogP contribution in [0.15, 0.2) is 42.5 Å². The summed E-state index contributed by atoms with van der Waals surface area (Å²) < 4.78 is 20.1. The topological polar surface area (TPSA) is 35.2 Å². The van der Waals surface area contributed by atoms with Crippen molar-refractivity contribution in [2.75, 3.05) is 0 Å². The van der Waals surface area contributed by atoms with Crippen molar-refractivity contribution in [3.63, 3.8) is 0 Å². The van der Waals surface area contributed by atoms with E-state index >= 15 is 0 Å². The molecule has 1 atom stereocenters. The molecule has 0 aromatic heterocycles. The molecular formula is C16H15ClFNO. The molecule has 0 radical (unpaired) electrons. The lowest BCUT2D eigenvalue weighted by Gasteiger charge is -2.16. The first kappa shape index (κ1) is 13.4. The van der Waals surface area contributed by atoms with Gasteiger partial charge in [0.2, 0.25) is 0 Å². The fourth-order valence-electron chi connectivity index (χ4n) is 2.21. The van der Waals surface area contributed by atoms with Gasteiger partial charge in [0.05, 0.1) is 5.02 Å². The molecule has 0 amide bonds. The normalized spacial score (nSPS) is 15.9. The Balaban J connectivity index is 1.95. The van der Waals surface area contributed by atoms with Gasteiger partial charge in [-0.1, -0.05) is 35.9 Å². The Morgan fingerprint density at radius 3 is 2.50 bits per heavy atom. The fourth-order valence-corrected chi connectivity index (χ4v) is 2.40.